The van der Waals surface area contributed by atoms with Crippen molar-refractivity contribution in [3.63, 3.8) is 0 Å². The molecule has 4 aromatic heterocycles. The molecule has 0 bridgehead atoms. The van der Waals surface area contributed by atoms with Crippen molar-refractivity contribution in [3.8, 4) is 33.8 Å². The quantitative estimate of drug-likeness (QED) is 0.174. The van der Waals surface area contributed by atoms with Crippen LogP contribution in [-0.4, -0.2) is 30.2 Å². The Morgan fingerprint density at radius 1 is 0.633 bits per heavy atom. The fourth-order valence-electron chi connectivity index (χ4n) is 6.58. The fraction of sp³-hybridized carbons (Fsp3) is 0.0244. The summed E-state index contributed by atoms with van der Waals surface area (Å²) < 4.78 is 4.10. The Balaban J connectivity index is 1.41. The number of carbonyl (C=O) groups excluding carboxylic acids is 1. The number of nitrogens with zero attached hydrogens (tertiary/aromatic N) is 5. The van der Waals surface area contributed by atoms with E-state index in [-0.39, 0.29) is 0 Å². The second kappa shape index (κ2) is 12.4. The molecule has 0 radical (unpaired) electrons. The zero-order valence-corrected chi connectivity index (χ0v) is 26.2. The van der Waals surface area contributed by atoms with Crippen molar-refractivity contribution < 1.29 is 9.90 Å². The van der Waals surface area contributed by atoms with E-state index in [0.717, 1.165) is 56.1 Å². The van der Waals surface area contributed by atoms with E-state index < -0.39 is 11.6 Å². The van der Waals surface area contributed by atoms with E-state index in [2.05, 4.69) is 111 Å². The molecule has 0 fully saturated rings. The molecule has 0 saturated carbocycles. The average Bonchev–Trinajstić information content (AvgIpc) is 3.79. The van der Waals surface area contributed by atoms with Crippen LogP contribution in [0.5, 0.6) is 0 Å². The molecule has 0 aliphatic heterocycles. The van der Waals surface area contributed by atoms with Crippen LogP contribution in [0.3, 0.4) is 0 Å². The number of aromatic nitrogens is 5. The monoisotopic (exact) mass is 637 g/mol. The highest BCUT2D eigenvalue weighted by Crippen LogP contribution is 2.43. The van der Waals surface area contributed by atoms with Gasteiger partial charge in [0.1, 0.15) is 23.0 Å². The van der Waals surface area contributed by atoms with Gasteiger partial charge in [-0.2, -0.15) is 5.10 Å². The SMILES string of the molecule is O=C([O-])Nc1ccc(-c2nn(C(c3ccccc3)(c3ccccc3)c3ccccc3)cc2-c2ccc3ncc(-c4ccccn4)n3c2)cc1. The molecule has 4 heterocycles. The summed E-state index contributed by atoms with van der Waals surface area (Å²) >= 11 is 0. The van der Waals surface area contributed by atoms with Crippen LogP contribution in [0.15, 0.2) is 170 Å². The summed E-state index contributed by atoms with van der Waals surface area (Å²) in [7, 11) is 0. The van der Waals surface area contributed by atoms with Crippen LogP contribution < -0.4 is 10.4 Å². The van der Waals surface area contributed by atoms with Crippen LogP contribution in [0.25, 0.3) is 39.4 Å². The standard InChI is InChI=1S/C41H30N6O2/c48-40(49)44-34-22-19-29(20-23-34)39-35(30-21-24-38-43-26-37(46(38)27-30)36-18-10-11-25-42-36)28-47(45-39)41(31-12-4-1-5-13-31,32-14-6-2-7-15-32)33-16-8-3-9-17-33/h1-28,44H,(H,48,49)/p-1. The van der Waals surface area contributed by atoms with Gasteiger partial charge in [-0.1, -0.05) is 109 Å². The third-order valence-corrected chi connectivity index (χ3v) is 8.78. The van der Waals surface area contributed by atoms with Crippen LogP contribution in [-0.2, 0) is 5.54 Å². The molecule has 8 rings (SSSR count). The third kappa shape index (κ3) is 5.31. The molecule has 1 N–H and O–H groups in total. The molecule has 0 saturated heterocycles. The van der Waals surface area contributed by atoms with Crippen molar-refractivity contribution in [3.05, 3.63) is 187 Å². The van der Waals surface area contributed by atoms with Crippen molar-refractivity contribution in [1.29, 1.82) is 0 Å². The zero-order chi connectivity index (χ0) is 33.2. The lowest BCUT2D eigenvalue weighted by Gasteiger charge is -2.36. The maximum absolute atomic E-state index is 11.2. The molecule has 0 unspecified atom stereocenters. The van der Waals surface area contributed by atoms with Crippen LogP contribution >= 0.6 is 0 Å². The van der Waals surface area contributed by atoms with Gasteiger partial charge in [-0.05, 0) is 53.1 Å². The summed E-state index contributed by atoms with van der Waals surface area (Å²) in [6.07, 6.45) is 6.41. The Bertz CT molecular complexity index is 2270. The summed E-state index contributed by atoms with van der Waals surface area (Å²) in [5.74, 6) is 0. The van der Waals surface area contributed by atoms with Crippen LogP contribution in [0, 0.1) is 0 Å². The smallest absolute Gasteiger partial charge is 0.138 e. The lowest BCUT2D eigenvalue weighted by atomic mass is 9.77. The van der Waals surface area contributed by atoms with Gasteiger partial charge in [-0.25, -0.2) is 4.98 Å². The van der Waals surface area contributed by atoms with Gasteiger partial charge in [0.25, 0.3) is 0 Å². The lowest BCUT2D eigenvalue weighted by Crippen LogP contribution is -2.38. The third-order valence-electron chi connectivity index (χ3n) is 8.78. The predicted molar refractivity (Wildman–Crippen MR) is 189 cm³/mol. The highest BCUT2D eigenvalue weighted by molar-refractivity contribution is 5.84. The Morgan fingerprint density at radius 3 is 1.80 bits per heavy atom. The molecular formula is C41H29N6O2-. The van der Waals surface area contributed by atoms with Gasteiger partial charge >= 0.3 is 0 Å². The second-order valence-electron chi connectivity index (χ2n) is 11.6. The van der Waals surface area contributed by atoms with Crippen molar-refractivity contribution in [2.45, 2.75) is 5.54 Å². The lowest BCUT2D eigenvalue weighted by molar-refractivity contribution is -0.242. The number of hydrogen-bond donors (Lipinski definition) is 1. The highest BCUT2D eigenvalue weighted by Gasteiger charge is 2.40. The number of anilines is 1. The van der Waals surface area contributed by atoms with Gasteiger partial charge in [-0.3, -0.25) is 14.1 Å². The number of hydrogen-bond acceptors (Lipinski definition) is 5. The first kappa shape index (κ1) is 29.6. The first-order chi connectivity index (χ1) is 24.1. The first-order valence-electron chi connectivity index (χ1n) is 15.9. The fourth-order valence-corrected chi connectivity index (χ4v) is 6.58. The molecule has 4 aromatic carbocycles. The topological polar surface area (TPSA) is 100 Å². The van der Waals surface area contributed by atoms with E-state index in [1.54, 1.807) is 18.3 Å². The molecule has 0 aliphatic rings. The zero-order valence-electron chi connectivity index (χ0n) is 26.2. The van der Waals surface area contributed by atoms with E-state index in [0.29, 0.717) is 5.69 Å². The van der Waals surface area contributed by atoms with Gasteiger partial charge in [0, 0.05) is 41.0 Å². The molecule has 0 atom stereocenters. The maximum atomic E-state index is 11.2. The predicted octanol–water partition coefficient (Wildman–Crippen LogP) is 7.52. The van der Waals surface area contributed by atoms with E-state index in [1.807, 2.05) is 65.2 Å². The molecule has 1 amide bonds. The largest absolute Gasteiger partial charge is 0.530 e. The van der Waals surface area contributed by atoms with Gasteiger partial charge in [0.05, 0.1) is 17.6 Å². The number of carboxylic acid groups (broad SMARTS) is 1. The number of carbonyl (C=O) groups is 1. The molecule has 8 heteroatoms. The number of fused-ring (bicyclic) bond motifs is 1. The van der Waals surface area contributed by atoms with E-state index >= 15 is 0 Å². The number of nitrogens with one attached hydrogen (secondary N) is 1. The summed E-state index contributed by atoms with van der Waals surface area (Å²) in [6.45, 7) is 0. The highest BCUT2D eigenvalue weighted by atomic mass is 16.4. The van der Waals surface area contributed by atoms with E-state index in [1.165, 1.54) is 0 Å². The number of pyridine rings is 2. The van der Waals surface area contributed by atoms with E-state index in [9.17, 15) is 9.90 Å². The van der Waals surface area contributed by atoms with Gasteiger partial charge in [0.2, 0.25) is 0 Å². The molecule has 49 heavy (non-hydrogen) atoms. The minimum atomic E-state index is -1.37. The maximum Gasteiger partial charge on any atom is 0.138 e. The van der Waals surface area contributed by atoms with Crippen molar-refractivity contribution in [1.82, 2.24) is 24.1 Å². The van der Waals surface area contributed by atoms with Crippen molar-refractivity contribution in [2.24, 2.45) is 0 Å². The Hall–Kier alpha value is -6.80. The Labute approximate surface area is 282 Å². The number of imidazole rings is 1. The summed E-state index contributed by atoms with van der Waals surface area (Å²) in [5.41, 5.74) is 8.54. The summed E-state index contributed by atoms with van der Waals surface area (Å²) in [6, 6.07) is 48.2. The van der Waals surface area contributed by atoms with Crippen LogP contribution in [0.4, 0.5) is 10.5 Å². The number of amides is 1. The second-order valence-corrected chi connectivity index (χ2v) is 11.6. The average molecular weight is 638 g/mol. The molecule has 8 aromatic rings. The molecular weight excluding hydrogens is 608 g/mol. The molecule has 0 aliphatic carbocycles. The Kier molecular flexibility index (Phi) is 7.50. The molecule has 8 nitrogen and oxygen atoms in total. The van der Waals surface area contributed by atoms with Crippen LogP contribution in [0.2, 0.25) is 0 Å². The minimum absolute atomic E-state index is 0.414. The van der Waals surface area contributed by atoms with Crippen molar-refractivity contribution in [2.75, 3.05) is 5.32 Å². The normalized spacial score (nSPS) is 11.4. The van der Waals surface area contributed by atoms with Crippen molar-refractivity contribution >= 4 is 17.4 Å². The number of rotatable bonds is 8. The molecule has 0 spiro atoms. The first-order valence-corrected chi connectivity index (χ1v) is 15.9. The van der Waals surface area contributed by atoms with E-state index in [4.69, 9.17) is 5.10 Å². The van der Waals surface area contributed by atoms with Gasteiger partial charge in [0.15, 0.2) is 0 Å². The summed E-state index contributed by atoms with van der Waals surface area (Å²) in [4.78, 5) is 20.5. The Morgan fingerprint density at radius 2 is 1.22 bits per heavy atom. The van der Waals surface area contributed by atoms with Gasteiger partial charge < -0.3 is 15.2 Å². The summed E-state index contributed by atoms with van der Waals surface area (Å²) in [5, 5.41) is 19.0. The molecule has 236 valence electrons. The van der Waals surface area contributed by atoms with Crippen LogP contribution in [0.1, 0.15) is 16.7 Å². The van der Waals surface area contributed by atoms with Gasteiger partial charge in [-0.15, -0.1) is 0 Å². The number of benzene rings is 4. The minimum Gasteiger partial charge on any atom is -0.530 e.